The van der Waals surface area contributed by atoms with E-state index < -0.39 is 0 Å². The smallest absolute Gasteiger partial charge is 0.0667 e. The summed E-state index contributed by atoms with van der Waals surface area (Å²) in [6.07, 6.45) is 62.2. The first kappa shape index (κ1) is 56.9. The van der Waals surface area contributed by atoms with Crippen LogP contribution in [0.4, 0.5) is 0 Å². The van der Waals surface area contributed by atoms with Gasteiger partial charge in [0, 0.05) is 13.1 Å². The third-order valence-corrected chi connectivity index (χ3v) is 13.0. The molecule has 0 aromatic heterocycles. The Morgan fingerprint density at radius 1 is 0.246 bits per heavy atom. The van der Waals surface area contributed by atoms with Gasteiger partial charge in [0.05, 0.1) is 12.2 Å². The van der Waals surface area contributed by atoms with Crippen molar-refractivity contribution in [1.82, 2.24) is 4.90 Å². The number of aliphatic hydroxyl groups excluding tert-OH is 2. The van der Waals surface area contributed by atoms with Crippen molar-refractivity contribution < 1.29 is 10.2 Å². The first-order valence-electron chi connectivity index (χ1n) is 27.2. The van der Waals surface area contributed by atoms with Gasteiger partial charge < -0.3 is 10.2 Å². The molecule has 0 saturated carbocycles. The minimum atomic E-state index is -0.253. The molecule has 0 bridgehead atoms. The molecule has 3 nitrogen and oxygen atoms in total. The molecule has 2 atom stereocenters. The molecule has 0 aliphatic carbocycles. The molecule has 57 heavy (non-hydrogen) atoms. The van der Waals surface area contributed by atoms with Crippen LogP contribution in [0.3, 0.4) is 0 Å². The molecule has 0 fully saturated rings. The van der Waals surface area contributed by atoms with Gasteiger partial charge in [0.25, 0.3) is 0 Å². The molecule has 0 heterocycles. The summed E-state index contributed by atoms with van der Waals surface area (Å²) in [5, 5.41) is 22.1. The lowest BCUT2D eigenvalue weighted by Crippen LogP contribution is -2.38. The Morgan fingerprint density at radius 3 is 0.632 bits per heavy atom. The Balaban J connectivity index is 4.19. The molecule has 0 aromatic rings. The molecule has 0 amide bonds. The summed E-state index contributed by atoms with van der Waals surface area (Å²) >= 11 is 0. The first-order chi connectivity index (χ1) is 28.1. The third-order valence-electron chi connectivity index (χ3n) is 13.0. The highest BCUT2D eigenvalue weighted by Gasteiger charge is 2.16. The van der Waals surface area contributed by atoms with Crippen molar-refractivity contribution in [2.45, 2.75) is 328 Å². The Labute approximate surface area is 361 Å². The Bertz CT molecular complexity index is 659. The van der Waals surface area contributed by atoms with Crippen LogP contribution in [0.15, 0.2) is 0 Å². The van der Waals surface area contributed by atoms with Gasteiger partial charge in [0.2, 0.25) is 0 Å². The van der Waals surface area contributed by atoms with Crippen LogP contribution in [0, 0.1) is 0 Å². The van der Waals surface area contributed by atoms with Gasteiger partial charge in [-0.2, -0.15) is 0 Å². The van der Waals surface area contributed by atoms with E-state index in [0.717, 1.165) is 45.3 Å². The van der Waals surface area contributed by atoms with Gasteiger partial charge in [-0.3, -0.25) is 4.90 Å². The lowest BCUT2D eigenvalue weighted by molar-refractivity contribution is 0.0596. The minimum absolute atomic E-state index is 0.253. The monoisotopic (exact) mass is 806 g/mol. The van der Waals surface area contributed by atoms with Crippen LogP contribution in [0.1, 0.15) is 316 Å². The van der Waals surface area contributed by atoms with Crippen molar-refractivity contribution in [2.75, 3.05) is 19.6 Å². The molecule has 0 aliphatic heterocycles. The largest absolute Gasteiger partial charge is 0.392 e. The van der Waals surface area contributed by atoms with Crippen molar-refractivity contribution in [3.05, 3.63) is 0 Å². The van der Waals surface area contributed by atoms with Crippen LogP contribution < -0.4 is 0 Å². The Hall–Kier alpha value is -0.120. The zero-order chi connectivity index (χ0) is 41.4. The van der Waals surface area contributed by atoms with Crippen LogP contribution >= 0.6 is 0 Å². The maximum atomic E-state index is 11.0. The summed E-state index contributed by atoms with van der Waals surface area (Å²) < 4.78 is 0. The topological polar surface area (TPSA) is 43.7 Å². The summed E-state index contributed by atoms with van der Waals surface area (Å²) in [5.74, 6) is 0. The molecular formula is C54H111NO2. The minimum Gasteiger partial charge on any atom is -0.392 e. The van der Waals surface area contributed by atoms with Crippen molar-refractivity contribution in [2.24, 2.45) is 0 Å². The number of unbranched alkanes of at least 4 members (excludes halogenated alkanes) is 41. The number of hydrogen-bond donors (Lipinski definition) is 2. The fourth-order valence-electron chi connectivity index (χ4n) is 9.07. The van der Waals surface area contributed by atoms with E-state index in [0.29, 0.717) is 0 Å². The van der Waals surface area contributed by atoms with E-state index >= 15 is 0 Å². The average molecular weight is 806 g/mol. The lowest BCUT2D eigenvalue weighted by atomic mass is 10.0. The standard InChI is InChI=1S/C54H111NO2/c1-4-7-10-13-16-19-22-25-28-29-32-35-38-41-44-47-50-55(51-53(56)48-45-42-39-36-33-30-26-23-20-17-14-11-8-5-2)52-54(57)49-46-43-40-37-34-31-27-24-21-18-15-12-9-6-3/h53-54,56-57H,4-52H2,1-3H3. The maximum Gasteiger partial charge on any atom is 0.0667 e. The van der Waals surface area contributed by atoms with Crippen LogP contribution in [-0.2, 0) is 0 Å². The predicted octanol–water partition coefficient (Wildman–Crippen LogP) is 18.0. The van der Waals surface area contributed by atoms with E-state index in [9.17, 15) is 10.2 Å². The molecule has 0 saturated heterocycles. The molecular weight excluding hydrogens is 695 g/mol. The average Bonchev–Trinajstić information content (AvgIpc) is 3.20. The second kappa shape index (κ2) is 50.2. The van der Waals surface area contributed by atoms with Crippen molar-refractivity contribution >= 4 is 0 Å². The van der Waals surface area contributed by atoms with Crippen molar-refractivity contribution in [3.8, 4) is 0 Å². The third kappa shape index (κ3) is 48.4. The van der Waals surface area contributed by atoms with Gasteiger partial charge in [-0.25, -0.2) is 0 Å². The predicted molar refractivity (Wildman–Crippen MR) is 258 cm³/mol. The van der Waals surface area contributed by atoms with Crippen LogP contribution in [0.25, 0.3) is 0 Å². The van der Waals surface area contributed by atoms with E-state index in [1.54, 1.807) is 0 Å². The summed E-state index contributed by atoms with van der Waals surface area (Å²) in [6, 6.07) is 0. The van der Waals surface area contributed by atoms with Gasteiger partial charge in [-0.05, 0) is 25.8 Å². The number of rotatable bonds is 51. The molecule has 0 aliphatic rings. The highest BCUT2D eigenvalue weighted by Crippen LogP contribution is 2.18. The van der Waals surface area contributed by atoms with Crippen LogP contribution in [-0.4, -0.2) is 47.0 Å². The SMILES string of the molecule is CCCCCCCCCCCCCCCCCCN(CC(O)CCCCCCCCCCCCCCCC)CC(O)CCCCCCCCCCCCCCCC. The number of hydrogen-bond acceptors (Lipinski definition) is 3. The second-order valence-electron chi connectivity index (χ2n) is 19.1. The Kier molecular flexibility index (Phi) is 50.1. The van der Waals surface area contributed by atoms with Crippen LogP contribution in [0.5, 0.6) is 0 Å². The number of aliphatic hydroxyl groups is 2. The summed E-state index contributed by atoms with van der Waals surface area (Å²) in [6.45, 7) is 9.42. The van der Waals surface area contributed by atoms with Crippen molar-refractivity contribution in [1.29, 1.82) is 0 Å². The molecule has 344 valence electrons. The van der Waals surface area contributed by atoms with Gasteiger partial charge in [-0.15, -0.1) is 0 Å². The van der Waals surface area contributed by atoms with Crippen LogP contribution in [0.2, 0.25) is 0 Å². The summed E-state index contributed by atoms with van der Waals surface area (Å²) in [4.78, 5) is 2.42. The van der Waals surface area contributed by atoms with E-state index in [1.807, 2.05) is 0 Å². The molecule has 0 rings (SSSR count). The molecule has 2 unspecified atom stereocenters. The normalized spacial score (nSPS) is 12.9. The zero-order valence-corrected chi connectivity index (χ0v) is 40.1. The maximum absolute atomic E-state index is 11.0. The first-order valence-corrected chi connectivity index (χ1v) is 27.2. The van der Waals surface area contributed by atoms with Gasteiger partial charge >= 0.3 is 0 Å². The van der Waals surface area contributed by atoms with Gasteiger partial charge in [0.15, 0.2) is 0 Å². The van der Waals surface area contributed by atoms with Gasteiger partial charge in [-0.1, -0.05) is 297 Å². The van der Waals surface area contributed by atoms with Crippen molar-refractivity contribution in [3.63, 3.8) is 0 Å². The van der Waals surface area contributed by atoms with E-state index in [2.05, 4.69) is 25.7 Å². The molecule has 3 heteroatoms. The van der Waals surface area contributed by atoms with E-state index in [-0.39, 0.29) is 12.2 Å². The fraction of sp³-hybridized carbons (Fsp3) is 1.00. The highest BCUT2D eigenvalue weighted by molar-refractivity contribution is 4.70. The highest BCUT2D eigenvalue weighted by atomic mass is 16.3. The molecule has 0 spiro atoms. The van der Waals surface area contributed by atoms with E-state index in [4.69, 9.17) is 0 Å². The Morgan fingerprint density at radius 2 is 0.421 bits per heavy atom. The van der Waals surface area contributed by atoms with Gasteiger partial charge in [0.1, 0.15) is 0 Å². The zero-order valence-electron chi connectivity index (χ0n) is 40.1. The summed E-state index contributed by atoms with van der Waals surface area (Å²) in [5.41, 5.74) is 0. The number of nitrogens with zero attached hydrogens (tertiary/aromatic N) is 1. The quantitative estimate of drug-likeness (QED) is 0.0602. The van der Waals surface area contributed by atoms with E-state index in [1.165, 1.54) is 270 Å². The summed E-state index contributed by atoms with van der Waals surface area (Å²) in [7, 11) is 0. The second-order valence-corrected chi connectivity index (χ2v) is 19.1. The lowest BCUT2D eigenvalue weighted by Gasteiger charge is -2.27. The fourth-order valence-corrected chi connectivity index (χ4v) is 9.07. The molecule has 2 N–H and O–H groups in total. The molecule has 0 aromatic carbocycles. The molecule has 0 radical (unpaired) electrons.